The third kappa shape index (κ3) is 5.04. The lowest BCUT2D eigenvalue weighted by molar-refractivity contribution is 0.669. The zero-order chi connectivity index (χ0) is 36.7. The van der Waals surface area contributed by atoms with E-state index >= 15 is 0 Å². The molecule has 0 aliphatic carbocycles. The fraction of sp³-hybridized carbons (Fsp3) is 0. The Balaban J connectivity index is 1.39. The first-order valence-electron chi connectivity index (χ1n) is 17.1. The smallest absolute Gasteiger partial charge is 0.136 e. The van der Waals surface area contributed by atoms with E-state index in [1.54, 1.807) is 0 Å². The van der Waals surface area contributed by atoms with Gasteiger partial charge in [-0.2, -0.15) is 0 Å². The summed E-state index contributed by atoms with van der Waals surface area (Å²) in [5, 5.41) is 4.39. The van der Waals surface area contributed by atoms with Gasteiger partial charge in [-0.15, -0.1) is 21.9 Å². The predicted octanol–water partition coefficient (Wildman–Crippen LogP) is 2.91. The minimum atomic E-state index is 0.171. The SMILES string of the molecule is [B]c1c([B])c([B])c2c(-c3cccc(-c4ccccc4)c3)c3c([B])c([B])c([B])c([B])c3c(-c3ccc(-c4cccc5oc6ccccc6c45)cc3)c2c1[B]. The Morgan fingerprint density at radius 1 is 0.302 bits per heavy atom. The maximum Gasteiger partial charge on any atom is 0.136 e. The monoisotopic (exact) mass is 652 g/mol. The fourth-order valence-corrected chi connectivity index (χ4v) is 7.84. The lowest BCUT2D eigenvalue weighted by Crippen LogP contribution is -2.50. The van der Waals surface area contributed by atoms with Crippen LogP contribution in [-0.2, 0) is 0 Å². The Hall–Kier alpha value is -5.40. The summed E-state index contributed by atoms with van der Waals surface area (Å²) in [7, 11) is 54.2. The van der Waals surface area contributed by atoms with Crippen molar-refractivity contribution in [3.8, 4) is 44.5 Å². The molecule has 9 rings (SSSR count). The van der Waals surface area contributed by atoms with Crippen LogP contribution in [0, 0.1) is 0 Å². The number of hydrogen-bond donors (Lipinski definition) is 0. The molecule has 0 aliphatic rings. The van der Waals surface area contributed by atoms with Crippen molar-refractivity contribution in [1.29, 1.82) is 0 Å². The Bertz CT molecular complexity index is 2890. The highest BCUT2D eigenvalue weighted by Crippen LogP contribution is 2.43. The third-order valence-electron chi connectivity index (χ3n) is 10.5. The molecule has 1 heterocycles. The van der Waals surface area contributed by atoms with Crippen molar-refractivity contribution < 1.29 is 4.42 Å². The van der Waals surface area contributed by atoms with Crippen LogP contribution >= 0.6 is 0 Å². The van der Waals surface area contributed by atoms with Gasteiger partial charge in [-0.05, 0) is 84.3 Å². The number of hydrogen-bond acceptors (Lipinski definition) is 1. The van der Waals surface area contributed by atoms with Crippen molar-refractivity contribution in [3.63, 3.8) is 0 Å². The summed E-state index contributed by atoms with van der Waals surface area (Å²) in [6, 6.07) is 40.4. The average Bonchev–Trinajstić information content (AvgIpc) is 3.59. The van der Waals surface area contributed by atoms with Crippen LogP contribution in [0.5, 0.6) is 0 Å². The van der Waals surface area contributed by atoms with Gasteiger partial charge in [0.15, 0.2) is 0 Å². The van der Waals surface area contributed by atoms with E-state index < -0.39 is 0 Å². The molecule has 9 aromatic rings. The number of benzene rings is 8. The maximum atomic E-state index is 6.97. The van der Waals surface area contributed by atoms with Gasteiger partial charge >= 0.3 is 0 Å². The predicted molar refractivity (Wildman–Crippen MR) is 234 cm³/mol. The normalized spacial score (nSPS) is 11.6. The molecule has 0 fully saturated rings. The number of furan rings is 1. The Kier molecular flexibility index (Phi) is 7.97. The number of rotatable bonds is 4. The summed E-state index contributed by atoms with van der Waals surface area (Å²) in [5.74, 6) is 0. The van der Waals surface area contributed by atoms with E-state index in [9.17, 15) is 0 Å². The first-order valence-corrected chi connectivity index (χ1v) is 17.1. The van der Waals surface area contributed by atoms with E-state index in [0.717, 1.165) is 55.3 Å². The van der Waals surface area contributed by atoms with Crippen molar-refractivity contribution in [2.24, 2.45) is 0 Å². The second-order valence-corrected chi connectivity index (χ2v) is 13.4. The van der Waals surface area contributed by atoms with Gasteiger partial charge in [-0.25, -0.2) is 0 Å². The molecule has 0 saturated carbocycles. The van der Waals surface area contributed by atoms with Crippen molar-refractivity contribution in [2.75, 3.05) is 0 Å². The van der Waals surface area contributed by atoms with Gasteiger partial charge in [0.1, 0.15) is 73.9 Å². The molecule has 1 nitrogen and oxygen atoms in total. The van der Waals surface area contributed by atoms with Crippen LogP contribution in [0.2, 0.25) is 0 Å². The molecule has 53 heavy (non-hydrogen) atoms. The molecule has 0 aliphatic heterocycles. The van der Waals surface area contributed by atoms with Crippen molar-refractivity contribution in [3.05, 3.63) is 121 Å². The molecule has 0 saturated heterocycles. The molecule has 1 aromatic heterocycles. The lowest BCUT2D eigenvalue weighted by atomic mass is 9.59. The summed E-state index contributed by atoms with van der Waals surface area (Å²) in [6.45, 7) is 0. The standard InChI is InChI=1S/C44H20B8O/c45-37-33-30(23-18-16-22(17-19-23)26-13-7-15-29-32(26)27-12-4-5-14-28(27)53-29)34-36(40(48)44(52)42(50)38(34)46)31(35(33)39(47)43(51)41(37)49)25-11-6-10-24(20-25)21-8-2-1-3-9-21/h1-20H. The largest absolute Gasteiger partial charge is 0.456 e. The van der Waals surface area contributed by atoms with Gasteiger partial charge < -0.3 is 4.42 Å². The first-order chi connectivity index (χ1) is 25.7. The Labute approximate surface area is 318 Å². The minimum absolute atomic E-state index is 0.171. The van der Waals surface area contributed by atoms with E-state index in [1.807, 2.05) is 91.0 Å². The highest BCUT2D eigenvalue weighted by atomic mass is 16.3. The summed E-state index contributed by atoms with van der Waals surface area (Å²) in [6.07, 6.45) is 0. The fourth-order valence-electron chi connectivity index (χ4n) is 7.84. The summed E-state index contributed by atoms with van der Waals surface area (Å²) < 4.78 is 6.18. The van der Waals surface area contributed by atoms with E-state index in [4.69, 9.17) is 67.2 Å². The lowest BCUT2D eigenvalue weighted by Gasteiger charge is -2.28. The van der Waals surface area contributed by atoms with Crippen molar-refractivity contribution in [1.82, 2.24) is 0 Å². The molecule has 0 amide bonds. The highest BCUT2D eigenvalue weighted by molar-refractivity contribution is 6.71. The van der Waals surface area contributed by atoms with Gasteiger partial charge in [0.25, 0.3) is 0 Å². The molecule has 8 aromatic carbocycles. The van der Waals surface area contributed by atoms with Crippen LogP contribution in [0.3, 0.4) is 0 Å². The summed E-state index contributed by atoms with van der Waals surface area (Å²) >= 11 is 0. The van der Waals surface area contributed by atoms with Crippen LogP contribution in [0.4, 0.5) is 0 Å². The molecule has 0 atom stereocenters. The maximum absolute atomic E-state index is 6.97. The summed E-state index contributed by atoms with van der Waals surface area (Å²) in [4.78, 5) is 0. The zero-order valence-corrected chi connectivity index (χ0v) is 28.6. The van der Waals surface area contributed by atoms with Gasteiger partial charge in [0, 0.05) is 10.8 Å². The molecule has 16 radical (unpaired) electrons. The molecule has 226 valence electrons. The first kappa shape index (κ1) is 33.4. The topological polar surface area (TPSA) is 13.1 Å². The van der Waals surface area contributed by atoms with E-state index in [2.05, 4.69) is 30.3 Å². The third-order valence-corrected chi connectivity index (χ3v) is 10.5. The van der Waals surface area contributed by atoms with Crippen LogP contribution in [-0.4, -0.2) is 62.8 Å². The van der Waals surface area contributed by atoms with Crippen LogP contribution in [0.25, 0.3) is 88.0 Å². The molecule has 0 spiro atoms. The number of para-hydroxylation sites is 1. The Morgan fingerprint density at radius 3 is 1.36 bits per heavy atom. The summed E-state index contributed by atoms with van der Waals surface area (Å²) in [5.41, 5.74) is 10.3. The van der Waals surface area contributed by atoms with E-state index in [0.29, 0.717) is 32.7 Å². The van der Waals surface area contributed by atoms with Crippen LogP contribution in [0.15, 0.2) is 126 Å². The molecule has 0 unspecified atom stereocenters. The van der Waals surface area contributed by atoms with Crippen LogP contribution < -0.4 is 43.7 Å². The minimum Gasteiger partial charge on any atom is -0.456 e. The van der Waals surface area contributed by atoms with Crippen molar-refractivity contribution >= 4 is 150 Å². The van der Waals surface area contributed by atoms with Crippen LogP contribution in [0.1, 0.15) is 0 Å². The van der Waals surface area contributed by atoms with Gasteiger partial charge in [-0.3, -0.25) is 0 Å². The zero-order valence-electron chi connectivity index (χ0n) is 28.6. The van der Waals surface area contributed by atoms with Crippen molar-refractivity contribution in [2.45, 2.75) is 0 Å². The van der Waals surface area contributed by atoms with Gasteiger partial charge in [-0.1, -0.05) is 125 Å². The number of fused-ring (bicyclic) bond motifs is 5. The average molecular weight is 651 g/mol. The molecular formula is C44H20B8O. The quantitative estimate of drug-likeness (QED) is 0.211. The molecule has 0 N–H and O–H groups in total. The second-order valence-electron chi connectivity index (χ2n) is 13.4. The van der Waals surface area contributed by atoms with E-state index in [1.165, 1.54) is 0 Å². The Morgan fingerprint density at radius 2 is 0.755 bits per heavy atom. The molecular weight excluding hydrogens is 631 g/mol. The highest BCUT2D eigenvalue weighted by Gasteiger charge is 2.25. The van der Waals surface area contributed by atoms with Gasteiger partial charge in [0.2, 0.25) is 0 Å². The second kappa shape index (κ2) is 12.6. The molecule has 0 bridgehead atoms. The van der Waals surface area contributed by atoms with Gasteiger partial charge in [0.05, 0.1) is 0 Å². The molecule has 9 heteroatoms. The van der Waals surface area contributed by atoms with E-state index in [-0.39, 0.29) is 43.7 Å².